The van der Waals surface area contributed by atoms with Crippen LogP contribution in [-0.2, 0) is 0 Å². The van der Waals surface area contributed by atoms with Crippen molar-refractivity contribution in [3.8, 4) is 23.0 Å². The Hall–Kier alpha value is -2.42. The Labute approximate surface area is 147 Å². The van der Waals surface area contributed by atoms with Gasteiger partial charge in [-0.1, -0.05) is 0 Å². The molecule has 112 valence electrons. The third-order valence-corrected chi connectivity index (χ3v) is 3.55. The first-order valence-corrected chi connectivity index (χ1v) is 6.02. The fourth-order valence-electron chi connectivity index (χ4n) is 2.58. The number of aromatic hydroxyl groups is 4. The van der Waals surface area contributed by atoms with Gasteiger partial charge in [-0.25, -0.2) is 9.59 Å². The maximum atomic E-state index is 12.0. The van der Waals surface area contributed by atoms with Crippen LogP contribution in [0, 0.1) is 0 Å². The predicted octanol–water partition coefficient (Wildman–Crippen LogP) is 0.664. The Morgan fingerprint density at radius 3 is 1.39 bits per heavy atom. The molecule has 0 aliphatic heterocycles. The Kier molecular flexibility index (Phi) is 3.22. The summed E-state index contributed by atoms with van der Waals surface area (Å²) in [6.45, 7) is 0. The van der Waals surface area contributed by atoms with E-state index in [9.17, 15) is 30.0 Å². The van der Waals surface area contributed by atoms with E-state index >= 15 is 0 Å². The summed E-state index contributed by atoms with van der Waals surface area (Å²) < 4.78 is 9.87. The summed E-state index contributed by atoms with van der Waals surface area (Å²) in [5.41, 5.74) is -2.70. The monoisotopic (exact) mass is 326 g/mol. The van der Waals surface area contributed by atoms with Gasteiger partial charge in [0.15, 0.2) is 22.7 Å². The van der Waals surface area contributed by atoms with Crippen molar-refractivity contribution in [1.29, 1.82) is 0 Å². The van der Waals surface area contributed by atoms with Crippen LogP contribution in [0.3, 0.4) is 0 Å². The van der Waals surface area contributed by atoms with Crippen molar-refractivity contribution in [1.82, 2.24) is 0 Å². The second-order valence-corrected chi connectivity index (χ2v) is 4.77. The number of phenols is 4. The first-order chi connectivity index (χ1) is 10.4. The van der Waals surface area contributed by atoms with E-state index < -0.39 is 45.4 Å². The maximum absolute atomic E-state index is 12.0. The van der Waals surface area contributed by atoms with Gasteiger partial charge in [-0.15, -0.1) is 0 Å². The number of rotatable bonds is 0. The summed E-state index contributed by atoms with van der Waals surface area (Å²) in [5, 5.41) is 38.7. The second kappa shape index (κ2) is 4.79. The first kappa shape index (κ1) is 15.5. The van der Waals surface area contributed by atoms with Crippen molar-refractivity contribution in [2.45, 2.75) is 0 Å². The average molecular weight is 326 g/mol. The zero-order chi connectivity index (χ0) is 15.8. The number of hydrogen-bond donors (Lipinski definition) is 4. The van der Waals surface area contributed by atoms with Gasteiger partial charge in [0.25, 0.3) is 0 Å². The third kappa shape index (κ3) is 1.83. The molecule has 0 aliphatic rings. The number of benzene rings is 2. The molecule has 9 heteroatoms. The Morgan fingerprint density at radius 1 is 0.696 bits per heavy atom. The molecule has 0 saturated heterocycles. The fraction of sp³-hybridized carbons (Fsp3) is 0. The molecule has 0 aliphatic carbocycles. The molecule has 4 aromatic rings. The second-order valence-electron chi connectivity index (χ2n) is 4.77. The van der Waals surface area contributed by atoms with Gasteiger partial charge in [-0.3, -0.25) is 0 Å². The van der Waals surface area contributed by atoms with Gasteiger partial charge in [-0.2, -0.15) is 0 Å². The van der Waals surface area contributed by atoms with E-state index in [2.05, 4.69) is 0 Å². The van der Waals surface area contributed by atoms with Crippen molar-refractivity contribution < 1.29 is 29.3 Å². The minimum atomic E-state index is -0.941. The summed E-state index contributed by atoms with van der Waals surface area (Å²) in [4.78, 5) is 24.0. The van der Waals surface area contributed by atoms with E-state index in [0.717, 1.165) is 12.1 Å². The van der Waals surface area contributed by atoms with E-state index in [4.69, 9.17) is 8.83 Å². The minimum absolute atomic E-state index is 0. The van der Waals surface area contributed by atoms with Crippen LogP contribution >= 0.6 is 0 Å². The molecule has 4 rings (SSSR count). The quantitative estimate of drug-likeness (QED) is 0.160. The molecule has 23 heavy (non-hydrogen) atoms. The molecule has 0 fully saturated rings. The van der Waals surface area contributed by atoms with Gasteiger partial charge < -0.3 is 29.3 Å². The van der Waals surface area contributed by atoms with Crippen LogP contribution in [0.15, 0.2) is 30.6 Å². The van der Waals surface area contributed by atoms with Gasteiger partial charge in [0.2, 0.25) is 11.5 Å². The summed E-state index contributed by atoms with van der Waals surface area (Å²) in [7, 11) is 0. The molecule has 2 heterocycles. The number of hydrogen-bond acceptors (Lipinski definition) is 8. The van der Waals surface area contributed by atoms with Crippen molar-refractivity contribution >= 4 is 62.3 Å². The van der Waals surface area contributed by atoms with Crippen molar-refractivity contribution in [3.63, 3.8) is 0 Å². The Balaban J connectivity index is 0.00000156. The van der Waals surface area contributed by atoms with Crippen LogP contribution in [0.4, 0.5) is 0 Å². The van der Waals surface area contributed by atoms with Crippen LogP contribution in [0.5, 0.6) is 23.0 Å². The molecule has 0 bridgehead atoms. The van der Waals surface area contributed by atoms with E-state index in [1.807, 2.05) is 0 Å². The standard InChI is InChI=1S/C14H6O8.Na.H/c15-5-1-3-7-8-4(14(20)22-11(7)9(5)17)2-6(16)10(18)12(8)21-13(3)19;;/h1-2,15-18H;;. The zero-order valence-electron chi connectivity index (χ0n) is 10.6. The van der Waals surface area contributed by atoms with Crippen molar-refractivity contribution in [2.75, 3.05) is 0 Å². The molecular formula is C14H7NaO8. The van der Waals surface area contributed by atoms with Crippen LogP contribution in [0.25, 0.3) is 32.7 Å². The predicted molar refractivity (Wildman–Crippen MR) is 81.0 cm³/mol. The van der Waals surface area contributed by atoms with Gasteiger partial charge in [0.05, 0.1) is 10.8 Å². The van der Waals surface area contributed by atoms with Gasteiger partial charge in [0.1, 0.15) is 0 Å². The first-order valence-electron chi connectivity index (χ1n) is 6.02. The van der Waals surface area contributed by atoms with Crippen LogP contribution in [0.2, 0.25) is 0 Å². The average Bonchev–Trinajstić information content (AvgIpc) is 2.47. The molecule has 2 aromatic heterocycles. The Morgan fingerprint density at radius 2 is 1.04 bits per heavy atom. The van der Waals surface area contributed by atoms with Gasteiger partial charge in [0, 0.05) is 10.8 Å². The molecular weight excluding hydrogens is 319 g/mol. The molecule has 2 aromatic carbocycles. The summed E-state index contributed by atoms with van der Waals surface area (Å²) >= 11 is 0. The molecule has 0 spiro atoms. The van der Waals surface area contributed by atoms with Crippen molar-refractivity contribution in [2.24, 2.45) is 0 Å². The summed E-state index contributed by atoms with van der Waals surface area (Å²) in [5.74, 6) is -2.75. The molecule has 4 N–H and O–H groups in total. The Bertz CT molecular complexity index is 1110. The zero-order valence-corrected chi connectivity index (χ0v) is 10.6. The van der Waals surface area contributed by atoms with Crippen molar-refractivity contribution in [3.05, 3.63) is 33.0 Å². The van der Waals surface area contributed by atoms with Crippen LogP contribution < -0.4 is 11.3 Å². The summed E-state index contributed by atoms with van der Waals surface area (Å²) in [6.07, 6.45) is 0. The normalized spacial score (nSPS) is 11.3. The topological polar surface area (TPSA) is 141 Å². The van der Waals surface area contributed by atoms with E-state index in [0.29, 0.717) is 0 Å². The van der Waals surface area contributed by atoms with Crippen LogP contribution in [-0.4, -0.2) is 50.0 Å². The van der Waals surface area contributed by atoms with E-state index in [-0.39, 0.29) is 51.1 Å². The molecule has 8 nitrogen and oxygen atoms in total. The third-order valence-electron chi connectivity index (χ3n) is 3.55. The van der Waals surface area contributed by atoms with Gasteiger partial charge >= 0.3 is 40.8 Å². The molecule has 0 unspecified atom stereocenters. The molecule has 0 radical (unpaired) electrons. The molecule has 0 saturated carbocycles. The SMILES string of the molecule is O=c1oc2c(O)c(O)cc3c(=O)oc4c(O)c(O)cc1c4c23.[NaH]. The number of phenolic OH excluding ortho intramolecular Hbond substituents is 4. The summed E-state index contributed by atoms with van der Waals surface area (Å²) in [6, 6.07) is 1.93. The van der Waals surface area contributed by atoms with E-state index in [1.165, 1.54) is 0 Å². The van der Waals surface area contributed by atoms with Crippen LogP contribution in [0.1, 0.15) is 0 Å². The molecule has 0 amide bonds. The van der Waals surface area contributed by atoms with Gasteiger partial charge in [-0.05, 0) is 12.1 Å². The molecule has 0 atom stereocenters. The van der Waals surface area contributed by atoms with E-state index in [1.54, 1.807) is 0 Å². The fourth-order valence-corrected chi connectivity index (χ4v) is 2.58.